The predicted molar refractivity (Wildman–Crippen MR) is 114 cm³/mol. The third kappa shape index (κ3) is 3.64. The van der Waals surface area contributed by atoms with E-state index in [1.165, 1.54) is 22.0 Å². The van der Waals surface area contributed by atoms with E-state index in [0.717, 1.165) is 72.8 Å². The predicted octanol–water partition coefficient (Wildman–Crippen LogP) is 4.92. The van der Waals surface area contributed by atoms with Gasteiger partial charge in [-0.3, -0.25) is 4.79 Å². The Morgan fingerprint density at radius 3 is 2.48 bits per heavy atom. The van der Waals surface area contributed by atoms with Gasteiger partial charge in [-0.05, 0) is 81.3 Å². The van der Waals surface area contributed by atoms with Gasteiger partial charge in [0.15, 0.2) is 0 Å². The Hall–Kier alpha value is -2.06. The first-order chi connectivity index (χ1) is 14.1. The molecule has 2 heterocycles. The highest BCUT2D eigenvalue weighted by Crippen LogP contribution is 2.47. The first-order valence-electron chi connectivity index (χ1n) is 10.4. The monoisotopic (exact) mass is 429 g/mol. The number of carbonyl (C=O) groups is 2. The molecule has 0 aromatic carbocycles. The SMILES string of the molecule is O=C(O)C1=C(C(=O)Nc2sc3c(c2-c2nc(C4CC4)ns2)CCCC3)CCCC1. The zero-order valence-electron chi connectivity index (χ0n) is 16.1. The van der Waals surface area contributed by atoms with Crippen molar-refractivity contribution in [2.75, 3.05) is 5.32 Å². The lowest BCUT2D eigenvalue weighted by atomic mass is 9.91. The van der Waals surface area contributed by atoms with Gasteiger partial charge < -0.3 is 10.4 Å². The summed E-state index contributed by atoms with van der Waals surface area (Å²) in [5.74, 6) is 0.187. The molecule has 1 amide bonds. The summed E-state index contributed by atoms with van der Waals surface area (Å²) in [7, 11) is 0. The molecule has 0 atom stereocenters. The number of carbonyl (C=O) groups excluding carboxylic acids is 1. The summed E-state index contributed by atoms with van der Waals surface area (Å²) in [6.45, 7) is 0. The van der Waals surface area contributed by atoms with E-state index in [-0.39, 0.29) is 11.5 Å². The summed E-state index contributed by atoms with van der Waals surface area (Å²) in [6, 6.07) is 0. The highest BCUT2D eigenvalue weighted by molar-refractivity contribution is 7.18. The Bertz CT molecular complexity index is 1020. The maximum atomic E-state index is 13.0. The van der Waals surface area contributed by atoms with Gasteiger partial charge in [0, 0.05) is 21.9 Å². The fourth-order valence-electron chi connectivity index (χ4n) is 4.29. The minimum absolute atomic E-state index is 0.267. The van der Waals surface area contributed by atoms with Crippen LogP contribution in [-0.2, 0) is 22.4 Å². The van der Waals surface area contributed by atoms with E-state index in [0.29, 0.717) is 24.3 Å². The van der Waals surface area contributed by atoms with Crippen LogP contribution in [0.1, 0.15) is 73.5 Å². The number of carboxylic acid groups (broad SMARTS) is 1. The molecule has 0 spiro atoms. The second-order valence-corrected chi connectivity index (χ2v) is 9.93. The molecule has 0 saturated heterocycles. The quantitative estimate of drug-likeness (QED) is 0.704. The topological polar surface area (TPSA) is 92.2 Å². The number of rotatable bonds is 5. The number of fused-ring (bicyclic) bond motifs is 1. The van der Waals surface area contributed by atoms with Crippen LogP contribution >= 0.6 is 22.9 Å². The molecule has 2 N–H and O–H groups in total. The van der Waals surface area contributed by atoms with Crippen LogP contribution in [0.3, 0.4) is 0 Å². The van der Waals surface area contributed by atoms with E-state index in [1.54, 1.807) is 11.3 Å². The van der Waals surface area contributed by atoms with E-state index in [9.17, 15) is 14.7 Å². The van der Waals surface area contributed by atoms with Crippen LogP contribution in [0.2, 0.25) is 0 Å². The molecule has 5 rings (SSSR count). The van der Waals surface area contributed by atoms with Crippen LogP contribution in [-0.4, -0.2) is 26.3 Å². The molecule has 0 unspecified atom stereocenters. The number of carboxylic acids is 1. The Morgan fingerprint density at radius 2 is 1.72 bits per heavy atom. The largest absolute Gasteiger partial charge is 0.478 e. The number of aryl methyl sites for hydroxylation is 1. The molecule has 29 heavy (non-hydrogen) atoms. The number of anilines is 1. The van der Waals surface area contributed by atoms with Gasteiger partial charge in [0.1, 0.15) is 15.8 Å². The van der Waals surface area contributed by atoms with Crippen LogP contribution in [0.15, 0.2) is 11.1 Å². The number of aromatic nitrogens is 2. The summed E-state index contributed by atoms with van der Waals surface area (Å²) in [5, 5.41) is 14.3. The average Bonchev–Trinajstić information content (AvgIpc) is 3.35. The Labute approximate surface area is 177 Å². The van der Waals surface area contributed by atoms with Gasteiger partial charge in [-0.1, -0.05) is 0 Å². The molecule has 1 saturated carbocycles. The van der Waals surface area contributed by atoms with Crippen LogP contribution < -0.4 is 5.32 Å². The number of nitrogens with one attached hydrogen (secondary N) is 1. The molecule has 0 aliphatic heterocycles. The smallest absolute Gasteiger partial charge is 0.332 e. The van der Waals surface area contributed by atoms with Crippen LogP contribution in [0.4, 0.5) is 5.00 Å². The molecule has 6 nitrogen and oxygen atoms in total. The Kier molecular flexibility index (Phi) is 4.99. The van der Waals surface area contributed by atoms with E-state index < -0.39 is 5.97 Å². The zero-order chi connectivity index (χ0) is 20.0. The lowest BCUT2D eigenvalue weighted by Crippen LogP contribution is -2.21. The molecule has 2 aromatic heterocycles. The van der Waals surface area contributed by atoms with Crippen molar-refractivity contribution in [2.45, 2.75) is 70.1 Å². The third-order valence-corrected chi connectivity index (χ3v) is 7.95. The van der Waals surface area contributed by atoms with E-state index in [4.69, 9.17) is 4.98 Å². The van der Waals surface area contributed by atoms with Crippen molar-refractivity contribution in [3.63, 3.8) is 0 Å². The fourth-order valence-corrected chi connectivity index (χ4v) is 6.47. The standard InChI is InChI=1S/C21H23N3O3S2/c25-18(12-5-1-2-6-13(12)21(26)27)23-19-16(14-7-3-4-8-15(14)28-19)20-22-17(24-29-20)11-9-10-11/h11H,1-10H2,(H,23,25)(H,26,27). The summed E-state index contributed by atoms with van der Waals surface area (Å²) in [6.07, 6.45) is 9.33. The summed E-state index contributed by atoms with van der Waals surface area (Å²) in [4.78, 5) is 30.8. The van der Waals surface area contributed by atoms with Gasteiger partial charge in [0.2, 0.25) is 0 Å². The molecule has 3 aliphatic rings. The van der Waals surface area contributed by atoms with Crippen molar-refractivity contribution in [3.05, 3.63) is 27.4 Å². The van der Waals surface area contributed by atoms with Gasteiger partial charge in [-0.25, -0.2) is 9.78 Å². The van der Waals surface area contributed by atoms with Crippen molar-refractivity contribution in [1.82, 2.24) is 9.36 Å². The molecule has 2 aromatic rings. The lowest BCUT2D eigenvalue weighted by molar-refractivity contribution is -0.133. The highest BCUT2D eigenvalue weighted by Gasteiger charge is 2.31. The minimum atomic E-state index is -0.973. The van der Waals surface area contributed by atoms with Crippen molar-refractivity contribution < 1.29 is 14.7 Å². The maximum absolute atomic E-state index is 13.0. The first-order valence-corrected chi connectivity index (χ1v) is 12.0. The average molecular weight is 430 g/mol. The third-order valence-electron chi connectivity index (χ3n) is 6.00. The molecular weight excluding hydrogens is 406 g/mol. The maximum Gasteiger partial charge on any atom is 0.332 e. The number of nitrogens with zero attached hydrogens (tertiary/aromatic N) is 2. The molecule has 152 valence electrons. The summed E-state index contributed by atoms with van der Waals surface area (Å²) < 4.78 is 4.56. The van der Waals surface area contributed by atoms with Crippen LogP contribution in [0.5, 0.6) is 0 Å². The first kappa shape index (κ1) is 18.9. The number of hydrogen-bond donors (Lipinski definition) is 2. The van der Waals surface area contributed by atoms with Gasteiger partial charge in [0.05, 0.1) is 5.56 Å². The van der Waals surface area contributed by atoms with Crippen molar-refractivity contribution in [3.8, 4) is 10.6 Å². The van der Waals surface area contributed by atoms with Crippen LogP contribution in [0.25, 0.3) is 10.6 Å². The lowest BCUT2D eigenvalue weighted by Gasteiger charge is -2.17. The Morgan fingerprint density at radius 1 is 1.00 bits per heavy atom. The van der Waals surface area contributed by atoms with Gasteiger partial charge in [-0.15, -0.1) is 11.3 Å². The van der Waals surface area contributed by atoms with Gasteiger partial charge >= 0.3 is 5.97 Å². The van der Waals surface area contributed by atoms with Gasteiger partial charge in [-0.2, -0.15) is 4.37 Å². The summed E-state index contributed by atoms with van der Waals surface area (Å²) >= 11 is 3.05. The fraction of sp³-hybridized carbons (Fsp3) is 0.524. The van der Waals surface area contributed by atoms with Crippen LogP contribution in [0, 0.1) is 0 Å². The van der Waals surface area contributed by atoms with E-state index in [1.807, 2.05) is 0 Å². The van der Waals surface area contributed by atoms with E-state index in [2.05, 4.69) is 9.69 Å². The molecule has 0 bridgehead atoms. The van der Waals surface area contributed by atoms with Crippen molar-refractivity contribution >= 4 is 39.7 Å². The molecule has 8 heteroatoms. The number of hydrogen-bond acceptors (Lipinski definition) is 6. The Balaban J connectivity index is 1.51. The number of thiophene rings is 1. The van der Waals surface area contributed by atoms with E-state index >= 15 is 0 Å². The van der Waals surface area contributed by atoms with Crippen molar-refractivity contribution in [2.24, 2.45) is 0 Å². The summed E-state index contributed by atoms with van der Waals surface area (Å²) in [5.41, 5.74) is 3.02. The molecular formula is C21H23N3O3S2. The number of amides is 1. The molecule has 0 radical (unpaired) electrons. The van der Waals surface area contributed by atoms with Crippen molar-refractivity contribution in [1.29, 1.82) is 0 Å². The number of aliphatic carboxylic acids is 1. The highest BCUT2D eigenvalue weighted by atomic mass is 32.1. The normalized spacial score (nSPS) is 19.2. The van der Waals surface area contributed by atoms with Gasteiger partial charge in [0.25, 0.3) is 5.91 Å². The minimum Gasteiger partial charge on any atom is -0.478 e. The zero-order valence-corrected chi connectivity index (χ0v) is 17.8. The molecule has 1 fully saturated rings. The second kappa shape index (κ2) is 7.65. The molecule has 3 aliphatic carbocycles. The second-order valence-electron chi connectivity index (χ2n) is 8.07.